The van der Waals surface area contributed by atoms with Gasteiger partial charge in [0.15, 0.2) is 0 Å². The molecule has 0 aromatic rings. The van der Waals surface area contributed by atoms with Crippen LogP contribution in [0.5, 0.6) is 0 Å². The fourth-order valence-electron chi connectivity index (χ4n) is 2.64. The molecular formula is C14H26N2O3. The minimum atomic E-state index is -0.549. The Bertz CT molecular complexity index is 329. The second-order valence-corrected chi connectivity index (χ2v) is 5.84. The van der Waals surface area contributed by atoms with Crippen LogP contribution in [0.25, 0.3) is 0 Å². The second kappa shape index (κ2) is 6.78. The topological polar surface area (TPSA) is 58.6 Å². The number of hydrogen-bond acceptors (Lipinski definition) is 3. The molecule has 1 N–H and O–H groups in total. The molecule has 0 aromatic heterocycles. The first-order valence-electron chi connectivity index (χ1n) is 7.03. The zero-order valence-electron chi connectivity index (χ0n) is 12.6. The van der Waals surface area contributed by atoms with Crippen molar-refractivity contribution in [3.63, 3.8) is 0 Å². The smallest absolute Gasteiger partial charge is 0.407 e. The van der Waals surface area contributed by atoms with Crippen molar-refractivity contribution < 1.29 is 14.3 Å². The van der Waals surface area contributed by atoms with Crippen molar-refractivity contribution in [1.29, 1.82) is 0 Å². The number of rotatable bonds is 4. The van der Waals surface area contributed by atoms with Crippen LogP contribution in [0, 0.1) is 11.8 Å². The van der Waals surface area contributed by atoms with E-state index in [0.717, 1.165) is 19.4 Å². The number of ether oxygens (including phenoxy) is 1. The van der Waals surface area contributed by atoms with Crippen molar-refractivity contribution in [3.8, 4) is 0 Å². The van der Waals surface area contributed by atoms with Crippen LogP contribution >= 0.6 is 0 Å². The molecule has 1 heterocycles. The van der Waals surface area contributed by atoms with E-state index in [-0.39, 0.29) is 17.9 Å². The van der Waals surface area contributed by atoms with E-state index in [2.05, 4.69) is 23.9 Å². The van der Waals surface area contributed by atoms with Crippen molar-refractivity contribution >= 4 is 12.0 Å². The summed E-state index contributed by atoms with van der Waals surface area (Å²) >= 11 is 0. The molecule has 0 saturated carbocycles. The molecule has 1 aliphatic rings. The molecule has 0 aromatic carbocycles. The van der Waals surface area contributed by atoms with E-state index in [4.69, 9.17) is 0 Å². The Hall–Kier alpha value is -1.26. The molecule has 110 valence electrons. The third-order valence-corrected chi connectivity index (χ3v) is 3.74. The number of carbonyl (C=O) groups is 2. The summed E-state index contributed by atoms with van der Waals surface area (Å²) in [7, 11) is 1.31. The number of nitrogens with one attached hydrogen (secondary N) is 1. The van der Waals surface area contributed by atoms with Crippen LogP contribution < -0.4 is 5.32 Å². The lowest BCUT2D eigenvalue weighted by Crippen LogP contribution is -2.53. The van der Waals surface area contributed by atoms with Gasteiger partial charge in [0.2, 0.25) is 5.91 Å². The first kappa shape index (κ1) is 15.8. The number of amides is 2. The number of nitrogens with zero attached hydrogens (tertiary/aromatic N) is 1. The maximum absolute atomic E-state index is 12.6. The van der Waals surface area contributed by atoms with Crippen LogP contribution in [0.3, 0.4) is 0 Å². The van der Waals surface area contributed by atoms with Gasteiger partial charge < -0.3 is 15.0 Å². The summed E-state index contributed by atoms with van der Waals surface area (Å²) in [6.07, 6.45) is 1.54. The maximum Gasteiger partial charge on any atom is 0.407 e. The summed E-state index contributed by atoms with van der Waals surface area (Å²) in [5, 5.41) is 2.65. The normalized spacial score (nSPS) is 20.8. The van der Waals surface area contributed by atoms with E-state index >= 15 is 0 Å². The Kier molecular flexibility index (Phi) is 5.63. The second-order valence-electron chi connectivity index (χ2n) is 5.84. The zero-order valence-corrected chi connectivity index (χ0v) is 12.6. The number of carbonyl (C=O) groups excluding carboxylic acids is 2. The molecule has 5 nitrogen and oxygen atoms in total. The summed E-state index contributed by atoms with van der Waals surface area (Å²) in [5.41, 5.74) is 0. The summed E-state index contributed by atoms with van der Waals surface area (Å²) in [6, 6.07) is -0.222. The molecule has 1 saturated heterocycles. The van der Waals surface area contributed by atoms with Crippen LogP contribution in [0.4, 0.5) is 4.79 Å². The maximum atomic E-state index is 12.6. The number of methoxy groups -OCH3 is 1. The average molecular weight is 270 g/mol. The van der Waals surface area contributed by atoms with E-state index in [1.165, 1.54) is 7.11 Å². The van der Waals surface area contributed by atoms with Crippen molar-refractivity contribution in [1.82, 2.24) is 10.2 Å². The Morgan fingerprint density at radius 2 is 1.89 bits per heavy atom. The molecule has 1 fully saturated rings. The molecule has 2 amide bonds. The number of hydrogen-bond donors (Lipinski definition) is 1. The van der Waals surface area contributed by atoms with Crippen molar-refractivity contribution in [2.75, 3.05) is 13.7 Å². The highest BCUT2D eigenvalue weighted by Gasteiger charge is 2.36. The minimum Gasteiger partial charge on any atom is -0.453 e. The largest absolute Gasteiger partial charge is 0.453 e. The van der Waals surface area contributed by atoms with Crippen LogP contribution in [0.1, 0.15) is 40.5 Å². The van der Waals surface area contributed by atoms with E-state index < -0.39 is 12.1 Å². The van der Waals surface area contributed by atoms with Gasteiger partial charge in [0.25, 0.3) is 0 Å². The summed E-state index contributed by atoms with van der Waals surface area (Å²) in [5.74, 6) is 0.494. The van der Waals surface area contributed by atoms with Gasteiger partial charge in [-0.1, -0.05) is 27.7 Å². The van der Waals surface area contributed by atoms with Crippen molar-refractivity contribution in [2.45, 2.75) is 52.6 Å². The van der Waals surface area contributed by atoms with Crippen LogP contribution in [-0.4, -0.2) is 42.6 Å². The van der Waals surface area contributed by atoms with Gasteiger partial charge in [0.05, 0.1) is 7.11 Å². The SMILES string of the molecule is COC(=O)N[C@H](C(=O)N1CCC[C@H]1C(C)C)C(C)C. The molecule has 0 spiro atoms. The average Bonchev–Trinajstić information content (AvgIpc) is 2.83. The molecule has 0 aliphatic carbocycles. The molecule has 0 unspecified atom stereocenters. The Labute approximate surface area is 115 Å². The molecule has 1 aliphatic heterocycles. The zero-order chi connectivity index (χ0) is 14.6. The van der Waals surface area contributed by atoms with Gasteiger partial charge in [0.1, 0.15) is 6.04 Å². The van der Waals surface area contributed by atoms with E-state index in [0.29, 0.717) is 5.92 Å². The lowest BCUT2D eigenvalue weighted by Gasteiger charge is -2.32. The molecule has 0 bridgehead atoms. The lowest BCUT2D eigenvalue weighted by molar-refractivity contribution is -0.136. The third kappa shape index (κ3) is 3.85. The van der Waals surface area contributed by atoms with Crippen molar-refractivity contribution in [3.05, 3.63) is 0 Å². The summed E-state index contributed by atoms with van der Waals surface area (Å²) in [6.45, 7) is 8.91. The van der Waals surface area contributed by atoms with Gasteiger partial charge >= 0.3 is 6.09 Å². The molecule has 5 heteroatoms. The Morgan fingerprint density at radius 3 is 2.37 bits per heavy atom. The minimum absolute atomic E-state index is 0.0107. The Morgan fingerprint density at radius 1 is 1.26 bits per heavy atom. The van der Waals surface area contributed by atoms with Gasteiger partial charge in [-0.2, -0.15) is 0 Å². The summed E-state index contributed by atoms with van der Waals surface area (Å²) < 4.78 is 4.60. The molecule has 0 radical (unpaired) electrons. The van der Waals surface area contributed by atoms with Gasteiger partial charge in [-0.15, -0.1) is 0 Å². The molecule has 2 atom stereocenters. The fourth-order valence-corrected chi connectivity index (χ4v) is 2.64. The standard InChI is InChI=1S/C14H26N2O3/c1-9(2)11-7-6-8-16(11)13(17)12(10(3)4)15-14(18)19-5/h9-12H,6-8H2,1-5H3,(H,15,18)/t11-,12-/m0/s1. The highest BCUT2D eigenvalue weighted by Crippen LogP contribution is 2.25. The molecular weight excluding hydrogens is 244 g/mol. The van der Waals surface area contributed by atoms with Gasteiger partial charge in [-0.25, -0.2) is 4.79 Å². The number of likely N-dealkylation sites (tertiary alicyclic amines) is 1. The molecule has 1 rings (SSSR count). The Balaban J connectivity index is 2.78. The lowest BCUT2D eigenvalue weighted by atomic mass is 9.99. The number of alkyl carbamates (subject to hydrolysis) is 1. The highest BCUT2D eigenvalue weighted by atomic mass is 16.5. The van der Waals surface area contributed by atoms with E-state index in [1.807, 2.05) is 18.7 Å². The first-order chi connectivity index (χ1) is 8.88. The third-order valence-electron chi connectivity index (χ3n) is 3.74. The molecule has 19 heavy (non-hydrogen) atoms. The predicted molar refractivity (Wildman–Crippen MR) is 73.7 cm³/mol. The summed E-state index contributed by atoms with van der Waals surface area (Å²) in [4.78, 5) is 25.9. The highest BCUT2D eigenvalue weighted by molar-refractivity contribution is 5.86. The van der Waals surface area contributed by atoms with Crippen molar-refractivity contribution in [2.24, 2.45) is 11.8 Å². The van der Waals surface area contributed by atoms with Gasteiger partial charge in [-0.05, 0) is 24.7 Å². The van der Waals surface area contributed by atoms with E-state index in [1.54, 1.807) is 0 Å². The van der Waals surface area contributed by atoms with Gasteiger partial charge in [-0.3, -0.25) is 4.79 Å². The van der Waals surface area contributed by atoms with E-state index in [9.17, 15) is 9.59 Å². The van der Waals surface area contributed by atoms with Crippen LogP contribution in [0.15, 0.2) is 0 Å². The quantitative estimate of drug-likeness (QED) is 0.850. The monoisotopic (exact) mass is 270 g/mol. The predicted octanol–water partition coefficient (Wildman–Crippen LogP) is 2.01. The van der Waals surface area contributed by atoms with Gasteiger partial charge in [0, 0.05) is 12.6 Å². The first-order valence-corrected chi connectivity index (χ1v) is 7.03. The fraction of sp³-hybridized carbons (Fsp3) is 0.857. The van der Waals surface area contributed by atoms with Crippen LogP contribution in [-0.2, 0) is 9.53 Å². The van der Waals surface area contributed by atoms with Crippen LogP contribution in [0.2, 0.25) is 0 Å².